The Morgan fingerprint density at radius 2 is 2.33 bits per heavy atom. The highest BCUT2D eigenvalue weighted by molar-refractivity contribution is 5.78. The molecule has 2 aliphatic rings. The third-order valence-corrected chi connectivity index (χ3v) is 3.99. The van der Waals surface area contributed by atoms with Crippen molar-refractivity contribution in [3.8, 4) is 0 Å². The summed E-state index contributed by atoms with van der Waals surface area (Å²) in [6.45, 7) is 8.05. The molecule has 4 heteroatoms. The highest BCUT2D eigenvalue weighted by Gasteiger charge is 2.23. The van der Waals surface area contributed by atoms with Gasteiger partial charge in [-0.15, -0.1) is 0 Å². The molecule has 0 radical (unpaired) electrons. The number of hydrogen-bond donors (Lipinski definition) is 1. The van der Waals surface area contributed by atoms with Gasteiger partial charge in [0.1, 0.15) is 0 Å². The largest absolute Gasteiger partial charge is 0.381 e. The van der Waals surface area contributed by atoms with E-state index in [2.05, 4.69) is 17.1 Å². The first-order chi connectivity index (χ1) is 8.75. The van der Waals surface area contributed by atoms with Gasteiger partial charge in [0.25, 0.3) is 0 Å². The van der Waals surface area contributed by atoms with Gasteiger partial charge in [-0.3, -0.25) is 4.79 Å². The van der Waals surface area contributed by atoms with Gasteiger partial charge < -0.3 is 15.0 Å². The van der Waals surface area contributed by atoms with Crippen molar-refractivity contribution in [2.24, 2.45) is 11.8 Å². The number of carbonyl (C=O) groups is 1. The minimum absolute atomic E-state index is 0.0972. The molecule has 0 aromatic heterocycles. The Bertz CT molecular complexity index is 265. The maximum absolute atomic E-state index is 11.7. The number of rotatable bonds is 5. The highest BCUT2D eigenvalue weighted by atomic mass is 16.5. The number of amides is 1. The molecule has 2 rings (SSSR count). The molecule has 0 spiro atoms. The van der Waals surface area contributed by atoms with Crippen LogP contribution in [0.3, 0.4) is 0 Å². The molecule has 0 aromatic carbocycles. The van der Waals surface area contributed by atoms with Gasteiger partial charge >= 0.3 is 0 Å². The van der Waals surface area contributed by atoms with Gasteiger partial charge in [0.05, 0.1) is 12.5 Å². The Labute approximate surface area is 110 Å². The lowest BCUT2D eigenvalue weighted by Gasteiger charge is -2.30. The van der Waals surface area contributed by atoms with Gasteiger partial charge in [0.2, 0.25) is 5.91 Å². The van der Waals surface area contributed by atoms with Crippen LogP contribution in [0.15, 0.2) is 0 Å². The molecule has 2 atom stereocenters. The summed E-state index contributed by atoms with van der Waals surface area (Å²) in [5, 5.41) is 3.03. The van der Waals surface area contributed by atoms with Crippen molar-refractivity contribution in [2.75, 3.05) is 39.4 Å². The van der Waals surface area contributed by atoms with Crippen LogP contribution < -0.4 is 5.32 Å². The van der Waals surface area contributed by atoms with Crippen molar-refractivity contribution in [3.63, 3.8) is 0 Å². The topological polar surface area (TPSA) is 41.6 Å². The van der Waals surface area contributed by atoms with Crippen molar-refractivity contribution < 1.29 is 9.53 Å². The molecule has 0 saturated carbocycles. The Kier molecular flexibility index (Phi) is 5.45. The van der Waals surface area contributed by atoms with Crippen LogP contribution in [0.4, 0.5) is 0 Å². The molecule has 0 aromatic rings. The van der Waals surface area contributed by atoms with Gasteiger partial charge in [-0.1, -0.05) is 6.92 Å². The summed E-state index contributed by atoms with van der Waals surface area (Å²) >= 11 is 0. The number of nitrogens with zero attached hydrogens (tertiary/aromatic N) is 1. The standard InChI is InChI=1S/C14H26N2O2/c1-12-4-2-7-16(10-12)8-3-6-15-14(17)13-5-9-18-11-13/h12-13H,2-11H2,1H3,(H,15,17). The normalized spacial score (nSPS) is 29.4. The smallest absolute Gasteiger partial charge is 0.225 e. The fourth-order valence-corrected chi connectivity index (χ4v) is 2.89. The number of carbonyl (C=O) groups excluding carboxylic acids is 1. The number of hydrogen-bond acceptors (Lipinski definition) is 3. The molecule has 4 nitrogen and oxygen atoms in total. The first kappa shape index (κ1) is 13.8. The fraction of sp³-hybridized carbons (Fsp3) is 0.929. The van der Waals surface area contributed by atoms with Gasteiger partial charge in [0.15, 0.2) is 0 Å². The van der Waals surface area contributed by atoms with E-state index in [0.29, 0.717) is 6.61 Å². The van der Waals surface area contributed by atoms with Crippen LogP contribution in [0.5, 0.6) is 0 Å². The average molecular weight is 254 g/mol. The third-order valence-electron chi connectivity index (χ3n) is 3.99. The molecule has 2 unspecified atom stereocenters. The summed E-state index contributed by atoms with van der Waals surface area (Å²) in [5.74, 6) is 1.11. The molecule has 0 aliphatic carbocycles. The summed E-state index contributed by atoms with van der Waals surface area (Å²) in [6, 6.07) is 0. The highest BCUT2D eigenvalue weighted by Crippen LogP contribution is 2.15. The lowest BCUT2D eigenvalue weighted by atomic mass is 10.0. The van der Waals surface area contributed by atoms with E-state index in [1.165, 1.54) is 25.9 Å². The van der Waals surface area contributed by atoms with Gasteiger partial charge in [-0.25, -0.2) is 0 Å². The predicted molar refractivity (Wildman–Crippen MR) is 71.4 cm³/mol. The zero-order chi connectivity index (χ0) is 12.8. The van der Waals surface area contributed by atoms with E-state index in [1.807, 2.05) is 0 Å². The molecule has 1 N–H and O–H groups in total. The van der Waals surface area contributed by atoms with Gasteiger partial charge in [0, 0.05) is 19.7 Å². The minimum atomic E-state index is 0.0972. The van der Waals surface area contributed by atoms with Crippen LogP contribution in [-0.2, 0) is 9.53 Å². The van der Waals surface area contributed by atoms with Crippen molar-refractivity contribution in [2.45, 2.75) is 32.6 Å². The molecule has 104 valence electrons. The third kappa shape index (κ3) is 4.25. The maximum Gasteiger partial charge on any atom is 0.225 e. The minimum Gasteiger partial charge on any atom is -0.381 e. The molecule has 2 fully saturated rings. The van der Waals surface area contributed by atoms with Crippen LogP contribution in [-0.4, -0.2) is 50.2 Å². The van der Waals surface area contributed by atoms with Crippen LogP contribution >= 0.6 is 0 Å². The zero-order valence-corrected chi connectivity index (χ0v) is 11.5. The van der Waals surface area contributed by atoms with Crippen LogP contribution in [0.1, 0.15) is 32.6 Å². The monoisotopic (exact) mass is 254 g/mol. The molecule has 2 aliphatic heterocycles. The van der Waals surface area contributed by atoms with E-state index in [1.54, 1.807) is 0 Å². The van der Waals surface area contributed by atoms with Gasteiger partial charge in [-0.2, -0.15) is 0 Å². The van der Waals surface area contributed by atoms with E-state index in [0.717, 1.165) is 38.5 Å². The van der Waals surface area contributed by atoms with E-state index in [9.17, 15) is 4.79 Å². The SMILES string of the molecule is CC1CCCN(CCCNC(=O)C2CCOC2)C1. The molecule has 18 heavy (non-hydrogen) atoms. The van der Waals surface area contributed by atoms with E-state index in [4.69, 9.17) is 4.74 Å². The van der Waals surface area contributed by atoms with Crippen molar-refractivity contribution in [3.05, 3.63) is 0 Å². The number of ether oxygens (including phenoxy) is 1. The number of piperidine rings is 1. The van der Waals surface area contributed by atoms with Crippen molar-refractivity contribution in [1.29, 1.82) is 0 Å². The van der Waals surface area contributed by atoms with E-state index >= 15 is 0 Å². The summed E-state index contributed by atoms with van der Waals surface area (Å²) in [7, 11) is 0. The van der Waals surface area contributed by atoms with Crippen molar-refractivity contribution in [1.82, 2.24) is 10.2 Å². The van der Waals surface area contributed by atoms with E-state index < -0.39 is 0 Å². The predicted octanol–water partition coefficient (Wildman–Crippen LogP) is 1.26. The molecule has 1 amide bonds. The second kappa shape index (κ2) is 7.10. The summed E-state index contributed by atoms with van der Waals surface area (Å²) in [6.07, 6.45) is 4.64. The van der Waals surface area contributed by atoms with Gasteiger partial charge in [-0.05, 0) is 44.7 Å². The second-order valence-corrected chi connectivity index (χ2v) is 5.75. The first-order valence-electron chi connectivity index (χ1n) is 7.33. The van der Waals surface area contributed by atoms with E-state index in [-0.39, 0.29) is 11.8 Å². The second-order valence-electron chi connectivity index (χ2n) is 5.75. The molecular formula is C14H26N2O2. The average Bonchev–Trinajstić information content (AvgIpc) is 2.88. The first-order valence-corrected chi connectivity index (χ1v) is 7.33. The quantitative estimate of drug-likeness (QED) is 0.751. The Morgan fingerprint density at radius 3 is 3.06 bits per heavy atom. The summed E-state index contributed by atoms with van der Waals surface area (Å²) in [4.78, 5) is 14.3. The maximum atomic E-state index is 11.7. The van der Waals surface area contributed by atoms with Crippen LogP contribution in [0.25, 0.3) is 0 Å². The van der Waals surface area contributed by atoms with Crippen LogP contribution in [0, 0.1) is 11.8 Å². The zero-order valence-electron chi connectivity index (χ0n) is 11.5. The number of nitrogens with one attached hydrogen (secondary N) is 1. The molecule has 0 bridgehead atoms. The number of likely N-dealkylation sites (tertiary alicyclic amines) is 1. The summed E-state index contributed by atoms with van der Waals surface area (Å²) < 4.78 is 5.22. The Balaban J connectivity index is 1.53. The molecule has 2 saturated heterocycles. The molecular weight excluding hydrogens is 228 g/mol. The lowest BCUT2D eigenvalue weighted by Crippen LogP contribution is -2.37. The van der Waals surface area contributed by atoms with Crippen LogP contribution in [0.2, 0.25) is 0 Å². The Morgan fingerprint density at radius 1 is 1.44 bits per heavy atom. The fourth-order valence-electron chi connectivity index (χ4n) is 2.89. The summed E-state index contributed by atoms with van der Waals surface area (Å²) in [5.41, 5.74) is 0. The lowest BCUT2D eigenvalue weighted by molar-refractivity contribution is -0.124. The Hall–Kier alpha value is -0.610. The van der Waals surface area contributed by atoms with Crippen molar-refractivity contribution >= 4 is 5.91 Å². The molecule has 2 heterocycles.